The lowest BCUT2D eigenvalue weighted by molar-refractivity contribution is 0.489. The molecular weight excluding hydrogens is 472 g/mol. The van der Waals surface area contributed by atoms with Gasteiger partial charge in [0.25, 0.3) is 0 Å². The summed E-state index contributed by atoms with van der Waals surface area (Å²) < 4.78 is 0. The van der Waals surface area contributed by atoms with E-state index >= 15 is 0 Å². The van der Waals surface area contributed by atoms with Crippen molar-refractivity contribution in [1.29, 1.82) is 0 Å². The smallest absolute Gasteiger partial charge is 0.181 e. The average molecular weight is 501 g/mol. The Morgan fingerprint density at radius 1 is 0.842 bits per heavy atom. The Morgan fingerprint density at radius 2 is 1.74 bits per heavy atom. The van der Waals surface area contributed by atoms with Gasteiger partial charge in [0.1, 0.15) is 0 Å². The molecule has 3 N–H and O–H groups in total. The summed E-state index contributed by atoms with van der Waals surface area (Å²) in [6.07, 6.45) is 16.6. The maximum Gasteiger partial charge on any atom is 0.181 e. The van der Waals surface area contributed by atoms with Gasteiger partial charge in [-0.25, -0.2) is 4.98 Å². The number of rotatable bonds is 7. The molecule has 7 rings (SSSR count). The Labute approximate surface area is 220 Å². The zero-order chi connectivity index (χ0) is 25.3. The highest BCUT2D eigenvalue weighted by atomic mass is 15.2. The third-order valence-corrected chi connectivity index (χ3v) is 7.53. The van der Waals surface area contributed by atoms with Crippen molar-refractivity contribution in [2.75, 3.05) is 6.54 Å². The van der Waals surface area contributed by atoms with E-state index in [9.17, 15) is 0 Å². The highest BCUT2D eigenvalue weighted by molar-refractivity contribution is 5.99. The van der Waals surface area contributed by atoms with Gasteiger partial charge in [-0.3, -0.25) is 20.1 Å². The molecule has 1 fully saturated rings. The molecule has 1 aliphatic carbocycles. The van der Waals surface area contributed by atoms with Crippen LogP contribution in [0.1, 0.15) is 31.2 Å². The summed E-state index contributed by atoms with van der Waals surface area (Å²) in [6.45, 7) is 1.91. The molecule has 1 saturated carbocycles. The molecule has 8 heteroatoms. The van der Waals surface area contributed by atoms with Gasteiger partial charge in [0.15, 0.2) is 5.65 Å². The van der Waals surface area contributed by atoms with Crippen LogP contribution in [-0.4, -0.2) is 41.7 Å². The van der Waals surface area contributed by atoms with Gasteiger partial charge in [-0.1, -0.05) is 12.8 Å². The second kappa shape index (κ2) is 9.79. The molecule has 0 bridgehead atoms. The van der Waals surface area contributed by atoms with Crippen molar-refractivity contribution in [2.45, 2.75) is 32.2 Å². The number of nitrogens with zero attached hydrogens (tertiary/aromatic N) is 5. The zero-order valence-corrected chi connectivity index (χ0v) is 21.0. The van der Waals surface area contributed by atoms with E-state index in [1.807, 2.05) is 49.2 Å². The van der Waals surface area contributed by atoms with Crippen LogP contribution in [0.2, 0.25) is 0 Å². The van der Waals surface area contributed by atoms with Gasteiger partial charge in [-0.05, 0) is 67.3 Å². The molecule has 0 amide bonds. The normalized spacial score (nSPS) is 14.1. The molecule has 8 nitrogen and oxygen atoms in total. The fourth-order valence-electron chi connectivity index (χ4n) is 5.56. The van der Waals surface area contributed by atoms with Crippen LogP contribution in [0, 0.1) is 5.92 Å². The number of hydrogen-bond donors (Lipinski definition) is 3. The van der Waals surface area contributed by atoms with E-state index in [2.05, 4.69) is 58.6 Å². The van der Waals surface area contributed by atoms with E-state index in [4.69, 9.17) is 0 Å². The van der Waals surface area contributed by atoms with Crippen LogP contribution < -0.4 is 5.32 Å². The molecule has 188 valence electrons. The van der Waals surface area contributed by atoms with Gasteiger partial charge < -0.3 is 10.3 Å². The summed E-state index contributed by atoms with van der Waals surface area (Å²) in [5, 5.41) is 13.3. The van der Waals surface area contributed by atoms with E-state index < -0.39 is 0 Å². The minimum Gasteiger partial charge on any atom is -0.353 e. The molecular formula is C30H28N8. The van der Waals surface area contributed by atoms with Crippen LogP contribution in [-0.2, 0) is 6.54 Å². The lowest BCUT2D eigenvalue weighted by Gasteiger charge is -2.11. The third kappa shape index (κ3) is 4.33. The fourth-order valence-corrected chi connectivity index (χ4v) is 5.56. The predicted molar refractivity (Wildman–Crippen MR) is 149 cm³/mol. The SMILES string of the molecule is c1cncc(-c2nccc3[nH]c(-c4[nH]nc5ncc(-c6cncc(CNCC7CCCC7)c6)cc45)cc23)c1. The van der Waals surface area contributed by atoms with E-state index in [0.717, 1.165) is 69.1 Å². The van der Waals surface area contributed by atoms with Gasteiger partial charge >= 0.3 is 0 Å². The Bertz CT molecular complexity index is 1710. The highest BCUT2D eigenvalue weighted by Gasteiger charge is 2.16. The van der Waals surface area contributed by atoms with Crippen molar-refractivity contribution in [3.8, 4) is 33.8 Å². The van der Waals surface area contributed by atoms with E-state index in [1.165, 1.54) is 31.2 Å². The summed E-state index contributed by atoms with van der Waals surface area (Å²) >= 11 is 0. The summed E-state index contributed by atoms with van der Waals surface area (Å²) in [5.41, 5.74) is 8.62. The molecule has 0 atom stereocenters. The fraction of sp³-hybridized carbons (Fsp3) is 0.233. The molecule has 0 unspecified atom stereocenters. The van der Waals surface area contributed by atoms with Crippen LogP contribution in [0.3, 0.4) is 0 Å². The topological polar surface area (TPSA) is 108 Å². The number of aromatic nitrogens is 7. The minimum absolute atomic E-state index is 0.676. The van der Waals surface area contributed by atoms with Gasteiger partial charge in [-0.2, -0.15) is 5.10 Å². The lowest BCUT2D eigenvalue weighted by atomic mass is 10.1. The molecule has 1 aliphatic rings. The van der Waals surface area contributed by atoms with Crippen molar-refractivity contribution in [1.82, 2.24) is 40.4 Å². The Kier molecular flexibility index (Phi) is 5.86. The summed E-state index contributed by atoms with van der Waals surface area (Å²) in [6, 6.07) is 12.4. The first-order chi connectivity index (χ1) is 18.8. The quantitative estimate of drug-likeness (QED) is 0.252. The van der Waals surface area contributed by atoms with Crippen molar-refractivity contribution in [2.24, 2.45) is 5.92 Å². The summed E-state index contributed by atoms with van der Waals surface area (Å²) in [4.78, 5) is 21.6. The van der Waals surface area contributed by atoms with Gasteiger partial charge in [0, 0.05) is 76.7 Å². The second-order valence-electron chi connectivity index (χ2n) is 10.1. The Hall–Kier alpha value is -4.43. The minimum atomic E-state index is 0.676. The third-order valence-electron chi connectivity index (χ3n) is 7.53. The highest BCUT2D eigenvalue weighted by Crippen LogP contribution is 2.33. The number of nitrogens with one attached hydrogen (secondary N) is 3. The molecule has 6 heterocycles. The molecule has 38 heavy (non-hydrogen) atoms. The van der Waals surface area contributed by atoms with Crippen molar-refractivity contribution < 1.29 is 0 Å². The monoisotopic (exact) mass is 500 g/mol. The number of H-pyrrole nitrogens is 2. The second-order valence-corrected chi connectivity index (χ2v) is 10.1. The van der Waals surface area contributed by atoms with Gasteiger partial charge in [0.2, 0.25) is 0 Å². The zero-order valence-electron chi connectivity index (χ0n) is 21.0. The number of pyridine rings is 4. The molecule has 0 radical (unpaired) electrons. The molecule has 6 aromatic heterocycles. The first-order valence-corrected chi connectivity index (χ1v) is 13.2. The largest absolute Gasteiger partial charge is 0.353 e. The Balaban J connectivity index is 1.20. The summed E-state index contributed by atoms with van der Waals surface area (Å²) in [5.74, 6) is 0.818. The lowest BCUT2D eigenvalue weighted by Crippen LogP contribution is -2.20. The van der Waals surface area contributed by atoms with E-state index in [0.29, 0.717) is 5.65 Å². The van der Waals surface area contributed by atoms with Crippen molar-refractivity contribution in [3.05, 3.63) is 79.1 Å². The van der Waals surface area contributed by atoms with Gasteiger partial charge in [-0.15, -0.1) is 0 Å². The molecule has 0 aliphatic heterocycles. The van der Waals surface area contributed by atoms with E-state index in [-0.39, 0.29) is 0 Å². The number of aromatic amines is 2. The predicted octanol–water partition coefficient (Wildman–Crippen LogP) is 5.91. The van der Waals surface area contributed by atoms with Crippen LogP contribution in [0.5, 0.6) is 0 Å². The van der Waals surface area contributed by atoms with E-state index in [1.54, 1.807) is 6.20 Å². The molecule has 6 aromatic rings. The number of hydrogen-bond acceptors (Lipinski definition) is 6. The van der Waals surface area contributed by atoms with Crippen molar-refractivity contribution in [3.63, 3.8) is 0 Å². The van der Waals surface area contributed by atoms with Crippen molar-refractivity contribution >= 4 is 21.9 Å². The molecule has 0 aromatic carbocycles. The Morgan fingerprint density at radius 3 is 2.63 bits per heavy atom. The maximum atomic E-state index is 4.65. The van der Waals surface area contributed by atoms with Gasteiger partial charge in [0.05, 0.1) is 17.1 Å². The van der Waals surface area contributed by atoms with Crippen LogP contribution >= 0.6 is 0 Å². The standard InChI is InChI=1S/C30H28N8/c1-2-5-19(4-1)13-32-14-20-10-22(17-33-15-20)23-11-25-29(37-38-30(25)35-18-23)27-12-24-26(36-27)7-9-34-28(24)21-6-3-8-31-16-21/h3,6-12,15-19,32,36H,1-2,4-5,13-14H2,(H,35,37,38). The maximum absolute atomic E-state index is 4.65. The molecule has 0 saturated heterocycles. The first-order valence-electron chi connectivity index (χ1n) is 13.2. The average Bonchev–Trinajstić information content (AvgIpc) is 3.73. The summed E-state index contributed by atoms with van der Waals surface area (Å²) in [7, 11) is 0. The number of fused-ring (bicyclic) bond motifs is 2. The molecule has 0 spiro atoms. The van der Waals surface area contributed by atoms with Crippen LogP contribution in [0.4, 0.5) is 0 Å². The van der Waals surface area contributed by atoms with Crippen LogP contribution in [0.15, 0.2) is 73.6 Å². The first kappa shape index (κ1) is 22.7. The van der Waals surface area contributed by atoms with Crippen LogP contribution in [0.25, 0.3) is 55.7 Å².